The minimum Gasteiger partial charge on any atom is -0.392 e. The number of aliphatic imine (C=N–C) groups is 1. The van der Waals surface area contributed by atoms with Gasteiger partial charge in [-0.25, -0.2) is 0 Å². The average Bonchev–Trinajstić information content (AvgIpc) is 2.94. The number of anilines is 1. The molecule has 5 nitrogen and oxygen atoms in total. The number of aliphatic hydroxyl groups excluding tert-OH is 1. The van der Waals surface area contributed by atoms with E-state index in [1.54, 1.807) is 0 Å². The Morgan fingerprint density at radius 3 is 2.50 bits per heavy atom. The van der Waals surface area contributed by atoms with Gasteiger partial charge in [0.25, 0.3) is 0 Å². The first kappa shape index (κ1) is 16.5. The highest BCUT2D eigenvalue weighted by Gasteiger charge is 2.30. The summed E-state index contributed by atoms with van der Waals surface area (Å²) in [6.07, 6.45) is 0.437. The molecule has 3 rings (SSSR count). The molecule has 2 aromatic carbocycles. The fourth-order valence-corrected chi connectivity index (χ4v) is 3.07. The largest absolute Gasteiger partial charge is 0.392 e. The number of likely N-dealkylation sites (tertiary alicyclic amines) is 1. The Morgan fingerprint density at radius 2 is 1.79 bits per heavy atom. The van der Waals surface area contributed by atoms with Crippen molar-refractivity contribution in [3.05, 3.63) is 66.2 Å². The summed E-state index contributed by atoms with van der Waals surface area (Å²) in [6.45, 7) is 2.08. The maximum absolute atomic E-state index is 10.0. The van der Waals surface area contributed by atoms with Gasteiger partial charge in [-0.2, -0.15) is 0 Å². The Bertz CT molecular complexity index is 660. The third kappa shape index (κ3) is 4.57. The third-order valence-corrected chi connectivity index (χ3v) is 4.25. The molecule has 5 heteroatoms. The van der Waals surface area contributed by atoms with E-state index in [9.17, 15) is 5.11 Å². The van der Waals surface area contributed by atoms with Gasteiger partial charge in [0.1, 0.15) is 0 Å². The Balaban J connectivity index is 1.59. The number of rotatable bonds is 5. The van der Waals surface area contributed by atoms with Crippen LogP contribution in [0, 0.1) is 0 Å². The summed E-state index contributed by atoms with van der Waals surface area (Å²) in [6, 6.07) is 20.3. The molecule has 1 aliphatic rings. The minimum absolute atomic E-state index is 0.205. The van der Waals surface area contributed by atoms with Gasteiger partial charge in [-0.15, -0.1) is 0 Å². The van der Waals surface area contributed by atoms with E-state index in [-0.39, 0.29) is 12.1 Å². The van der Waals surface area contributed by atoms with Gasteiger partial charge < -0.3 is 16.2 Å². The molecule has 1 heterocycles. The zero-order valence-electron chi connectivity index (χ0n) is 13.7. The zero-order chi connectivity index (χ0) is 16.8. The van der Waals surface area contributed by atoms with E-state index in [1.165, 1.54) is 5.56 Å². The van der Waals surface area contributed by atoms with Gasteiger partial charge in [0, 0.05) is 24.8 Å². The number of benzene rings is 2. The quantitative estimate of drug-likeness (QED) is 0.581. The Kier molecular flexibility index (Phi) is 5.46. The summed E-state index contributed by atoms with van der Waals surface area (Å²) in [5.74, 6) is 0.405. The molecule has 2 atom stereocenters. The van der Waals surface area contributed by atoms with Crippen LogP contribution in [0.5, 0.6) is 0 Å². The van der Waals surface area contributed by atoms with Crippen LogP contribution in [0.15, 0.2) is 65.7 Å². The molecule has 1 saturated heterocycles. The van der Waals surface area contributed by atoms with Crippen LogP contribution in [0.2, 0.25) is 0 Å². The molecule has 0 bridgehead atoms. The second kappa shape index (κ2) is 7.95. The Labute approximate surface area is 142 Å². The van der Waals surface area contributed by atoms with Crippen molar-refractivity contribution in [3.63, 3.8) is 0 Å². The molecule has 1 fully saturated rings. The first-order chi connectivity index (χ1) is 11.7. The number of nitrogens with zero attached hydrogens (tertiary/aromatic N) is 2. The van der Waals surface area contributed by atoms with E-state index in [0.29, 0.717) is 19.0 Å². The number of hydrogen-bond acceptors (Lipinski definition) is 3. The average molecular weight is 324 g/mol. The standard InChI is InChI=1S/C19H24N4O/c20-19(22-16-9-5-2-6-10-16)21-12-17-11-18(24)14-23(17)13-15-7-3-1-4-8-15/h1-10,17-18,24H,11-14H2,(H3,20,21,22). The van der Waals surface area contributed by atoms with Gasteiger partial charge in [0.2, 0.25) is 0 Å². The summed E-state index contributed by atoms with van der Waals surface area (Å²) in [7, 11) is 0. The van der Waals surface area contributed by atoms with Gasteiger partial charge in [-0.1, -0.05) is 48.5 Å². The fraction of sp³-hybridized carbons (Fsp3) is 0.316. The SMILES string of the molecule is NC(=NCC1CC(O)CN1Cc1ccccc1)Nc1ccccc1. The highest BCUT2D eigenvalue weighted by molar-refractivity contribution is 5.92. The molecule has 0 radical (unpaired) electrons. The first-order valence-corrected chi connectivity index (χ1v) is 8.29. The zero-order valence-corrected chi connectivity index (χ0v) is 13.7. The normalized spacial score (nSPS) is 21.8. The number of nitrogens with one attached hydrogen (secondary N) is 1. The molecule has 2 unspecified atom stereocenters. The van der Waals surface area contributed by atoms with Gasteiger partial charge in [0.05, 0.1) is 12.6 Å². The van der Waals surface area contributed by atoms with Crippen LogP contribution in [0.1, 0.15) is 12.0 Å². The maximum Gasteiger partial charge on any atom is 0.193 e. The first-order valence-electron chi connectivity index (χ1n) is 8.29. The van der Waals surface area contributed by atoms with Crippen molar-refractivity contribution in [1.29, 1.82) is 0 Å². The van der Waals surface area contributed by atoms with Crippen LogP contribution >= 0.6 is 0 Å². The van der Waals surface area contributed by atoms with Crippen LogP contribution in [0.25, 0.3) is 0 Å². The van der Waals surface area contributed by atoms with Crippen LogP contribution in [-0.2, 0) is 6.54 Å². The van der Waals surface area contributed by atoms with E-state index >= 15 is 0 Å². The van der Waals surface area contributed by atoms with E-state index in [4.69, 9.17) is 5.73 Å². The molecule has 2 aromatic rings. The molecular formula is C19H24N4O. The van der Waals surface area contributed by atoms with Crippen molar-refractivity contribution in [3.8, 4) is 0 Å². The lowest BCUT2D eigenvalue weighted by atomic mass is 10.2. The molecular weight excluding hydrogens is 300 g/mol. The number of nitrogens with two attached hydrogens (primary N) is 1. The summed E-state index contributed by atoms with van der Waals surface area (Å²) in [5.41, 5.74) is 8.14. The number of aliphatic hydroxyl groups is 1. The number of para-hydroxylation sites is 1. The smallest absolute Gasteiger partial charge is 0.193 e. The predicted octanol–water partition coefficient (Wildman–Crippen LogP) is 2.05. The molecule has 0 saturated carbocycles. The monoisotopic (exact) mass is 324 g/mol. The molecule has 126 valence electrons. The van der Waals surface area contributed by atoms with E-state index in [2.05, 4.69) is 27.3 Å². The number of hydrogen-bond donors (Lipinski definition) is 3. The lowest BCUT2D eigenvalue weighted by molar-refractivity contribution is 0.173. The molecule has 4 N–H and O–H groups in total. The molecule has 1 aliphatic heterocycles. The lowest BCUT2D eigenvalue weighted by Crippen LogP contribution is -2.33. The minimum atomic E-state index is -0.294. The Morgan fingerprint density at radius 1 is 1.12 bits per heavy atom. The van der Waals surface area contributed by atoms with Crippen LogP contribution < -0.4 is 11.1 Å². The van der Waals surface area contributed by atoms with Gasteiger partial charge in [-0.3, -0.25) is 9.89 Å². The third-order valence-electron chi connectivity index (χ3n) is 4.25. The van der Waals surface area contributed by atoms with E-state index in [0.717, 1.165) is 18.7 Å². The van der Waals surface area contributed by atoms with Gasteiger partial charge >= 0.3 is 0 Å². The van der Waals surface area contributed by atoms with Crippen molar-refractivity contribution in [2.24, 2.45) is 10.7 Å². The maximum atomic E-state index is 10.0. The highest BCUT2D eigenvalue weighted by atomic mass is 16.3. The summed E-state index contributed by atoms with van der Waals surface area (Å²) >= 11 is 0. The van der Waals surface area contributed by atoms with Crippen molar-refractivity contribution in [1.82, 2.24) is 4.90 Å². The van der Waals surface area contributed by atoms with Crippen LogP contribution in [-0.4, -0.2) is 41.2 Å². The lowest BCUT2D eigenvalue weighted by Gasteiger charge is -2.23. The van der Waals surface area contributed by atoms with Gasteiger partial charge in [-0.05, 0) is 24.1 Å². The van der Waals surface area contributed by atoms with Crippen molar-refractivity contribution in [2.45, 2.75) is 25.1 Å². The van der Waals surface area contributed by atoms with Crippen molar-refractivity contribution >= 4 is 11.6 Å². The van der Waals surface area contributed by atoms with E-state index < -0.39 is 0 Å². The van der Waals surface area contributed by atoms with Crippen molar-refractivity contribution < 1.29 is 5.11 Å². The second-order valence-corrected chi connectivity index (χ2v) is 6.18. The van der Waals surface area contributed by atoms with Crippen LogP contribution in [0.3, 0.4) is 0 Å². The van der Waals surface area contributed by atoms with E-state index in [1.807, 2.05) is 48.5 Å². The molecule has 0 amide bonds. The molecule has 0 aromatic heterocycles. The second-order valence-electron chi connectivity index (χ2n) is 6.18. The molecule has 0 aliphatic carbocycles. The summed E-state index contributed by atoms with van der Waals surface area (Å²) in [4.78, 5) is 6.74. The highest BCUT2D eigenvalue weighted by Crippen LogP contribution is 2.21. The van der Waals surface area contributed by atoms with Gasteiger partial charge in [0.15, 0.2) is 5.96 Å². The topological polar surface area (TPSA) is 73.9 Å². The summed E-state index contributed by atoms with van der Waals surface area (Å²) in [5, 5.41) is 13.1. The summed E-state index contributed by atoms with van der Waals surface area (Å²) < 4.78 is 0. The van der Waals surface area contributed by atoms with Crippen molar-refractivity contribution in [2.75, 3.05) is 18.4 Å². The van der Waals surface area contributed by atoms with Crippen LogP contribution in [0.4, 0.5) is 5.69 Å². The fourth-order valence-electron chi connectivity index (χ4n) is 3.07. The number of β-amino-alcohol motifs (C(OH)–C–C–N with tert-alkyl or cyclic N) is 1. The molecule has 24 heavy (non-hydrogen) atoms. The predicted molar refractivity (Wildman–Crippen MR) is 97.8 cm³/mol. The number of guanidine groups is 1. The Hall–Kier alpha value is -2.37. The molecule has 0 spiro atoms.